The van der Waals surface area contributed by atoms with Gasteiger partial charge in [0.1, 0.15) is 24.7 Å². The van der Waals surface area contributed by atoms with Crippen molar-refractivity contribution in [1.29, 1.82) is 0 Å². The fourth-order valence-corrected chi connectivity index (χ4v) is 1.70. The van der Waals surface area contributed by atoms with Crippen LogP contribution in [0.15, 0.2) is 47.2 Å². The summed E-state index contributed by atoms with van der Waals surface area (Å²) < 4.78 is 11.9. The Morgan fingerprint density at radius 3 is 2.33 bits per heavy atom. The fraction of sp³-hybridized carbons (Fsp3) is 0.154. The first-order valence-electron chi connectivity index (χ1n) is 5.46. The monoisotopic (exact) mass is 308 g/mol. The van der Waals surface area contributed by atoms with Crippen LogP contribution in [-0.2, 0) is 0 Å². The van der Waals surface area contributed by atoms with Gasteiger partial charge in [-0.1, -0.05) is 0 Å². The Kier molecular flexibility index (Phi) is 4.41. The molecular weight excluding hydrogens is 296 g/mol. The van der Waals surface area contributed by atoms with Crippen LogP contribution in [0.4, 0.5) is 5.69 Å². The van der Waals surface area contributed by atoms with Crippen molar-refractivity contribution in [3.05, 3.63) is 47.2 Å². The van der Waals surface area contributed by atoms with Gasteiger partial charge in [0.05, 0.1) is 6.20 Å². The second-order valence-electron chi connectivity index (χ2n) is 3.60. The van der Waals surface area contributed by atoms with Gasteiger partial charge in [0.2, 0.25) is 0 Å². The van der Waals surface area contributed by atoms with Crippen LogP contribution < -0.4 is 15.2 Å². The van der Waals surface area contributed by atoms with Gasteiger partial charge in [-0.05, 0) is 46.3 Å². The number of hydrogen-bond donors (Lipinski definition) is 1. The highest BCUT2D eigenvalue weighted by molar-refractivity contribution is 9.10. The largest absolute Gasteiger partial charge is 0.490 e. The summed E-state index contributed by atoms with van der Waals surface area (Å²) in [5, 5.41) is 0. The standard InChI is InChI=1S/C13H13BrN2O2/c14-10-7-13(9-16-8-10)18-6-5-17-12-3-1-11(15)2-4-12/h1-4,7-9H,5-6,15H2. The van der Waals surface area contributed by atoms with Crippen LogP contribution in [0.25, 0.3) is 0 Å². The van der Waals surface area contributed by atoms with E-state index in [1.54, 1.807) is 24.5 Å². The highest BCUT2D eigenvalue weighted by Crippen LogP contribution is 2.16. The van der Waals surface area contributed by atoms with Gasteiger partial charge >= 0.3 is 0 Å². The van der Waals surface area contributed by atoms with Crippen molar-refractivity contribution in [1.82, 2.24) is 4.98 Å². The van der Waals surface area contributed by atoms with Crippen molar-refractivity contribution in [3.63, 3.8) is 0 Å². The lowest BCUT2D eigenvalue weighted by Gasteiger charge is -2.08. The van der Waals surface area contributed by atoms with Gasteiger partial charge in [-0.25, -0.2) is 0 Å². The first kappa shape index (κ1) is 12.7. The molecule has 0 spiro atoms. The van der Waals surface area contributed by atoms with Gasteiger partial charge < -0.3 is 15.2 Å². The number of benzene rings is 1. The normalized spacial score (nSPS) is 10.1. The predicted molar refractivity (Wildman–Crippen MR) is 73.8 cm³/mol. The van der Waals surface area contributed by atoms with Crippen molar-refractivity contribution in [2.24, 2.45) is 0 Å². The van der Waals surface area contributed by atoms with Crippen LogP contribution in [0.5, 0.6) is 11.5 Å². The van der Waals surface area contributed by atoms with Crippen LogP contribution in [0.2, 0.25) is 0 Å². The Hall–Kier alpha value is -1.75. The number of hydrogen-bond acceptors (Lipinski definition) is 4. The van der Waals surface area contributed by atoms with E-state index in [2.05, 4.69) is 20.9 Å². The maximum atomic E-state index is 5.58. The van der Waals surface area contributed by atoms with Gasteiger partial charge in [0.15, 0.2) is 0 Å². The van der Waals surface area contributed by atoms with Crippen LogP contribution >= 0.6 is 15.9 Å². The third-order valence-corrected chi connectivity index (χ3v) is 2.61. The molecule has 1 aromatic heterocycles. The zero-order chi connectivity index (χ0) is 12.8. The molecule has 0 saturated carbocycles. The molecule has 4 nitrogen and oxygen atoms in total. The first-order valence-corrected chi connectivity index (χ1v) is 6.25. The maximum Gasteiger partial charge on any atom is 0.138 e. The number of nitrogens with zero attached hydrogens (tertiary/aromatic N) is 1. The third kappa shape index (κ3) is 3.92. The molecule has 0 saturated heterocycles. The second-order valence-corrected chi connectivity index (χ2v) is 4.52. The van der Waals surface area contributed by atoms with Crippen LogP contribution in [0, 0.1) is 0 Å². The van der Waals surface area contributed by atoms with Crippen molar-refractivity contribution >= 4 is 21.6 Å². The molecule has 2 N–H and O–H groups in total. The lowest BCUT2D eigenvalue weighted by molar-refractivity contribution is 0.216. The lowest BCUT2D eigenvalue weighted by atomic mass is 10.3. The van der Waals surface area contributed by atoms with E-state index >= 15 is 0 Å². The van der Waals surface area contributed by atoms with Crippen LogP contribution in [0.3, 0.4) is 0 Å². The van der Waals surface area contributed by atoms with E-state index in [0.29, 0.717) is 19.0 Å². The summed E-state index contributed by atoms with van der Waals surface area (Å²) in [4.78, 5) is 4.00. The fourth-order valence-electron chi connectivity index (χ4n) is 1.35. The SMILES string of the molecule is Nc1ccc(OCCOc2cncc(Br)c2)cc1. The van der Waals surface area contributed by atoms with E-state index in [-0.39, 0.29) is 0 Å². The Morgan fingerprint density at radius 1 is 1.00 bits per heavy atom. The van der Waals surface area contributed by atoms with Crippen molar-refractivity contribution in [2.45, 2.75) is 0 Å². The predicted octanol–water partition coefficient (Wildman–Crippen LogP) is 2.88. The van der Waals surface area contributed by atoms with Crippen molar-refractivity contribution < 1.29 is 9.47 Å². The molecule has 1 aromatic carbocycles. The second kappa shape index (κ2) is 6.26. The molecule has 0 unspecified atom stereocenters. The average molecular weight is 309 g/mol. The summed E-state index contributed by atoms with van der Waals surface area (Å²) in [6, 6.07) is 9.12. The molecule has 1 heterocycles. The highest BCUT2D eigenvalue weighted by Gasteiger charge is 1.97. The molecule has 0 aliphatic carbocycles. The van der Waals surface area contributed by atoms with Gasteiger partial charge in [0, 0.05) is 16.4 Å². The lowest BCUT2D eigenvalue weighted by Crippen LogP contribution is -2.09. The van der Waals surface area contributed by atoms with E-state index in [1.165, 1.54) is 0 Å². The van der Waals surface area contributed by atoms with E-state index in [4.69, 9.17) is 15.2 Å². The highest BCUT2D eigenvalue weighted by atomic mass is 79.9. The average Bonchev–Trinajstić information content (AvgIpc) is 2.37. The molecule has 0 atom stereocenters. The zero-order valence-corrected chi connectivity index (χ0v) is 11.3. The van der Waals surface area contributed by atoms with E-state index in [9.17, 15) is 0 Å². The number of nitrogen functional groups attached to an aromatic ring is 1. The molecule has 94 valence electrons. The molecule has 2 aromatic rings. The zero-order valence-electron chi connectivity index (χ0n) is 9.67. The van der Waals surface area contributed by atoms with Gasteiger partial charge in [0.25, 0.3) is 0 Å². The molecule has 0 aliphatic heterocycles. The summed E-state index contributed by atoms with van der Waals surface area (Å²) in [5.41, 5.74) is 6.30. The van der Waals surface area contributed by atoms with Gasteiger partial charge in [-0.15, -0.1) is 0 Å². The molecule has 0 bridgehead atoms. The molecule has 0 fully saturated rings. The number of anilines is 1. The summed E-state index contributed by atoms with van der Waals surface area (Å²) >= 11 is 3.33. The van der Waals surface area contributed by atoms with E-state index in [0.717, 1.165) is 15.9 Å². The molecule has 2 rings (SSSR count). The number of halogens is 1. The van der Waals surface area contributed by atoms with Crippen molar-refractivity contribution in [2.75, 3.05) is 18.9 Å². The summed E-state index contributed by atoms with van der Waals surface area (Å²) in [6.45, 7) is 0.930. The Labute approximate surface area is 114 Å². The molecule has 0 aliphatic rings. The number of ether oxygens (including phenoxy) is 2. The van der Waals surface area contributed by atoms with E-state index in [1.807, 2.05) is 18.2 Å². The Morgan fingerprint density at radius 2 is 1.67 bits per heavy atom. The van der Waals surface area contributed by atoms with Crippen LogP contribution in [0.1, 0.15) is 0 Å². The minimum absolute atomic E-state index is 0.461. The topological polar surface area (TPSA) is 57.4 Å². The number of rotatable bonds is 5. The van der Waals surface area contributed by atoms with Gasteiger partial charge in [-0.3, -0.25) is 4.98 Å². The van der Waals surface area contributed by atoms with Crippen molar-refractivity contribution in [3.8, 4) is 11.5 Å². The maximum absolute atomic E-state index is 5.58. The van der Waals surface area contributed by atoms with Gasteiger partial charge in [-0.2, -0.15) is 0 Å². The number of aromatic nitrogens is 1. The summed E-state index contributed by atoms with van der Waals surface area (Å²) in [5.74, 6) is 1.49. The molecule has 0 radical (unpaired) electrons. The Balaban J connectivity index is 1.74. The number of pyridine rings is 1. The molecule has 18 heavy (non-hydrogen) atoms. The van der Waals surface area contributed by atoms with E-state index < -0.39 is 0 Å². The first-order chi connectivity index (χ1) is 8.74. The Bertz CT molecular complexity index is 503. The molecule has 0 amide bonds. The number of nitrogens with two attached hydrogens (primary N) is 1. The quantitative estimate of drug-likeness (QED) is 0.681. The third-order valence-electron chi connectivity index (χ3n) is 2.18. The molecule has 5 heteroatoms. The minimum atomic E-state index is 0.461. The molecular formula is C13H13BrN2O2. The minimum Gasteiger partial charge on any atom is -0.490 e. The smallest absolute Gasteiger partial charge is 0.138 e. The van der Waals surface area contributed by atoms with Crippen LogP contribution in [-0.4, -0.2) is 18.2 Å². The summed E-state index contributed by atoms with van der Waals surface area (Å²) in [7, 11) is 0. The summed E-state index contributed by atoms with van der Waals surface area (Å²) in [6.07, 6.45) is 3.37.